The number of hydrogen-bond donors (Lipinski definition) is 0. The minimum atomic E-state index is -0.766. The molecule has 0 saturated heterocycles. The maximum absolute atomic E-state index is 12.1. The molecule has 1 aromatic carbocycles. The Bertz CT molecular complexity index is 492. The van der Waals surface area contributed by atoms with Gasteiger partial charge < -0.3 is 4.74 Å². The van der Waals surface area contributed by atoms with Crippen molar-refractivity contribution in [3.8, 4) is 0 Å². The van der Waals surface area contributed by atoms with Gasteiger partial charge in [-0.05, 0) is 12.3 Å². The Labute approximate surface area is 111 Å². The SMILES string of the molecule is COC(=O)[C@H]1C(=O)CC[C@@H]1CC(=O)c1ccccc1. The zero-order valence-electron chi connectivity index (χ0n) is 10.8. The third-order valence-corrected chi connectivity index (χ3v) is 3.58. The molecule has 19 heavy (non-hydrogen) atoms. The van der Waals surface area contributed by atoms with E-state index in [2.05, 4.69) is 4.74 Å². The number of hydrogen-bond acceptors (Lipinski definition) is 4. The summed E-state index contributed by atoms with van der Waals surface area (Å²) in [6, 6.07) is 8.92. The molecule has 1 saturated carbocycles. The maximum Gasteiger partial charge on any atom is 0.316 e. The van der Waals surface area contributed by atoms with E-state index in [4.69, 9.17) is 0 Å². The van der Waals surface area contributed by atoms with Crippen LogP contribution in [-0.4, -0.2) is 24.6 Å². The molecule has 4 nitrogen and oxygen atoms in total. The highest BCUT2D eigenvalue weighted by molar-refractivity contribution is 6.02. The van der Waals surface area contributed by atoms with Crippen LogP contribution in [0.2, 0.25) is 0 Å². The number of carbonyl (C=O) groups is 3. The fourth-order valence-corrected chi connectivity index (χ4v) is 2.56. The Morgan fingerprint density at radius 2 is 1.95 bits per heavy atom. The van der Waals surface area contributed by atoms with E-state index in [1.165, 1.54) is 7.11 Å². The van der Waals surface area contributed by atoms with E-state index in [1.807, 2.05) is 6.07 Å². The summed E-state index contributed by atoms with van der Waals surface area (Å²) < 4.78 is 4.65. The van der Waals surface area contributed by atoms with Crippen molar-refractivity contribution in [1.29, 1.82) is 0 Å². The molecule has 0 amide bonds. The molecule has 2 atom stereocenters. The lowest BCUT2D eigenvalue weighted by Gasteiger charge is -2.15. The van der Waals surface area contributed by atoms with Gasteiger partial charge in [0.05, 0.1) is 7.11 Å². The third kappa shape index (κ3) is 2.89. The van der Waals surface area contributed by atoms with Crippen molar-refractivity contribution in [2.75, 3.05) is 7.11 Å². The zero-order chi connectivity index (χ0) is 13.8. The number of rotatable bonds is 4. The fourth-order valence-electron chi connectivity index (χ4n) is 2.56. The lowest BCUT2D eigenvalue weighted by molar-refractivity contribution is -0.149. The Balaban J connectivity index is 2.08. The second-order valence-electron chi connectivity index (χ2n) is 4.76. The minimum Gasteiger partial charge on any atom is -0.468 e. The van der Waals surface area contributed by atoms with Crippen molar-refractivity contribution < 1.29 is 19.1 Å². The van der Waals surface area contributed by atoms with E-state index in [9.17, 15) is 14.4 Å². The molecular formula is C15H16O4. The van der Waals surface area contributed by atoms with Gasteiger partial charge in [-0.2, -0.15) is 0 Å². The van der Waals surface area contributed by atoms with Crippen molar-refractivity contribution in [2.45, 2.75) is 19.3 Å². The molecule has 1 aliphatic carbocycles. The predicted octanol–water partition coefficient (Wildman–Crippen LogP) is 2.03. The number of esters is 1. The molecule has 4 heteroatoms. The van der Waals surface area contributed by atoms with E-state index >= 15 is 0 Å². The Morgan fingerprint density at radius 3 is 2.58 bits per heavy atom. The molecule has 0 heterocycles. The van der Waals surface area contributed by atoms with Gasteiger partial charge in [-0.25, -0.2) is 0 Å². The number of methoxy groups -OCH3 is 1. The number of carbonyl (C=O) groups excluding carboxylic acids is 3. The van der Waals surface area contributed by atoms with Crippen LogP contribution in [-0.2, 0) is 14.3 Å². The number of ether oxygens (including phenoxy) is 1. The highest BCUT2D eigenvalue weighted by atomic mass is 16.5. The highest BCUT2D eigenvalue weighted by Gasteiger charge is 2.41. The van der Waals surface area contributed by atoms with Crippen LogP contribution in [0.4, 0.5) is 0 Å². The summed E-state index contributed by atoms with van der Waals surface area (Å²) in [5, 5.41) is 0. The van der Waals surface area contributed by atoms with Gasteiger partial charge in [0.15, 0.2) is 5.78 Å². The monoisotopic (exact) mass is 260 g/mol. The van der Waals surface area contributed by atoms with Gasteiger partial charge in [-0.1, -0.05) is 30.3 Å². The van der Waals surface area contributed by atoms with Crippen LogP contribution in [0.3, 0.4) is 0 Å². The quantitative estimate of drug-likeness (QED) is 0.472. The molecule has 0 N–H and O–H groups in total. The molecule has 0 spiro atoms. The molecule has 0 aliphatic heterocycles. The first kappa shape index (κ1) is 13.5. The summed E-state index contributed by atoms with van der Waals surface area (Å²) in [6.07, 6.45) is 1.15. The zero-order valence-corrected chi connectivity index (χ0v) is 10.8. The molecule has 0 aromatic heterocycles. The van der Waals surface area contributed by atoms with E-state index < -0.39 is 11.9 Å². The maximum atomic E-state index is 12.1. The lowest BCUT2D eigenvalue weighted by Crippen LogP contribution is -2.27. The average Bonchev–Trinajstić information content (AvgIpc) is 2.80. The molecule has 1 aliphatic rings. The number of Topliss-reactive ketones (excluding diaryl/α,β-unsaturated/α-hetero) is 2. The summed E-state index contributed by atoms with van der Waals surface area (Å²) >= 11 is 0. The van der Waals surface area contributed by atoms with Crippen LogP contribution in [0, 0.1) is 11.8 Å². The summed E-state index contributed by atoms with van der Waals surface area (Å²) in [5.41, 5.74) is 0.616. The van der Waals surface area contributed by atoms with Crippen LogP contribution >= 0.6 is 0 Å². The van der Waals surface area contributed by atoms with Gasteiger partial charge >= 0.3 is 5.97 Å². The molecule has 100 valence electrons. The second-order valence-corrected chi connectivity index (χ2v) is 4.76. The molecule has 0 bridgehead atoms. The van der Waals surface area contributed by atoms with Gasteiger partial charge in [0.1, 0.15) is 11.7 Å². The normalized spacial score (nSPS) is 22.3. The van der Waals surface area contributed by atoms with E-state index in [1.54, 1.807) is 24.3 Å². The lowest BCUT2D eigenvalue weighted by atomic mass is 9.89. The van der Waals surface area contributed by atoms with Crippen molar-refractivity contribution in [3.63, 3.8) is 0 Å². The Kier molecular flexibility index (Phi) is 4.10. The van der Waals surface area contributed by atoms with Gasteiger partial charge in [0.25, 0.3) is 0 Å². The Hall–Kier alpha value is -1.97. The topological polar surface area (TPSA) is 60.4 Å². The molecule has 0 radical (unpaired) electrons. The van der Waals surface area contributed by atoms with Crippen LogP contribution in [0.5, 0.6) is 0 Å². The standard InChI is InChI=1S/C15H16O4/c1-19-15(18)14-11(7-8-12(14)16)9-13(17)10-5-3-2-4-6-10/h2-6,11,14H,7-9H2,1H3/t11-,14-/m1/s1. The largest absolute Gasteiger partial charge is 0.468 e. The van der Waals surface area contributed by atoms with Crippen molar-refractivity contribution >= 4 is 17.5 Å². The van der Waals surface area contributed by atoms with Crippen LogP contribution in [0.25, 0.3) is 0 Å². The van der Waals surface area contributed by atoms with Gasteiger partial charge in [0.2, 0.25) is 0 Å². The third-order valence-electron chi connectivity index (χ3n) is 3.58. The van der Waals surface area contributed by atoms with Crippen molar-refractivity contribution in [3.05, 3.63) is 35.9 Å². The van der Waals surface area contributed by atoms with E-state index in [-0.39, 0.29) is 23.9 Å². The number of ketones is 2. The van der Waals surface area contributed by atoms with E-state index in [0.717, 1.165) is 0 Å². The molecule has 2 rings (SSSR count). The first-order valence-electron chi connectivity index (χ1n) is 6.32. The second kappa shape index (κ2) is 5.78. The van der Waals surface area contributed by atoms with Crippen LogP contribution in [0.1, 0.15) is 29.6 Å². The first-order chi connectivity index (χ1) is 9.13. The molecule has 1 fully saturated rings. The van der Waals surface area contributed by atoms with Gasteiger partial charge in [-0.15, -0.1) is 0 Å². The Morgan fingerprint density at radius 1 is 1.26 bits per heavy atom. The fraction of sp³-hybridized carbons (Fsp3) is 0.400. The predicted molar refractivity (Wildman–Crippen MR) is 68.6 cm³/mol. The number of benzene rings is 1. The van der Waals surface area contributed by atoms with Crippen molar-refractivity contribution in [1.82, 2.24) is 0 Å². The summed E-state index contributed by atoms with van der Waals surface area (Å²) in [6.45, 7) is 0. The average molecular weight is 260 g/mol. The molecular weight excluding hydrogens is 244 g/mol. The summed E-state index contributed by atoms with van der Waals surface area (Å²) in [5.74, 6) is -1.66. The molecule has 0 unspecified atom stereocenters. The smallest absolute Gasteiger partial charge is 0.316 e. The van der Waals surface area contributed by atoms with Gasteiger partial charge in [-0.3, -0.25) is 14.4 Å². The molecule has 1 aromatic rings. The van der Waals surface area contributed by atoms with Crippen molar-refractivity contribution in [2.24, 2.45) is 11.8 Å². The minimum absolute atomic E-state index is 0.0331. The summed E-state index contributed by atoms with van der Waals surface area (Å²) in [4.78, 5) is 35.4. The first-order valence-corrected chi connectivity index (χ1v) is 6.32. The van der Waals surface area contributed by atoms with E-state index in [0.29, 0.717) is 18.4 Å². The van der Waals surface area contributed by atoms with Crippen LogP contribution in [0.15, 0.2) is 30.3 Å². The highest BCUT2D eigenvalue weighted by Crippen LogP contribution is 2.33. The summed E-state index contributed by atoms with van der Waals surface area (Å²) in [7, 11) is 1.27. The van der Waals surface area contributed by atoms with Crippen LogP contribution < -0.4 is 0 Å². The van der Waals surface area contributed by atoms with Gasteiger partial charge in [0, 0.05) is 18.4 Å².